The summed E-state index contributed by atoms with van der Waals surface area (Å²) in [6, 6.07) is 17.1. The lowest BCUT2D eigenvalue weighted by Crippen LogP contribution is -2.14. The number of hydrogen-bond donors (Lipinski definition) is 1. The summed E-state index contributed by atoms with van der Waals surface area (Å²) < 4.78 is 15.1. The predicted molar refractivity (Wildman–Crippen MR) is 105 cm³/mol. The molecule has 134 valence electrons. The molecule has 0 aliphatic rings. The Kier molecular flexibility index (Phi) is 4.38. The Balaban J connectivity index is 1.84. The van der Waals surface area contributed by atoms with E-state index in [1.54, 1.807) is 0 Å². The number of aryl methyl sites for hydroxylation is 1. The minimum absolute atomic E-state index is 0.0544. The van der Waals surface area contributed by atoms with Gasteiger partial charge in [0.05, 0.1) is 10.6 Å². The van der Waals surface area contributed by atoms with Crippen molar-refractivity contribution in [1.29, 1.82) is 0 Å². The standard InChI is InChI=1S/C21H15ClFN3O/c1-13-7-10-18-24-19(14-5-3-2-4-6-14)20(26(18)12-13)25-21(27)16-9-8-15(23)11-17(16)22/h2-12H,1H3,(H,25,27). The summed E-state index contributed by atoms with van der Waals surface area (Å²) >= 11 is 6.04. The van der Waals surface area contributed by atoms with Crippen molar-refractivity contribution < 1.29 is 9.18 Å². The molecule has 1 amide bonds. The van der Waals surface area contributed by atoms with Gasteiger partial charge < -0.3 is 5.32 Å². The highest BCUT2D eigenvalue weighted by Crippen LogP contribution is 2.30. The Hall–Kier alpha value is -3.18. The van der Waals surface area contributed by atoms with E-state index in [1.165, 1.54) is 12.1 Å². The van der Waals surface area contributed by atoms with Crippen LogP contribution >= 0.6 is 11.6 Å². The van der Waals surface area contributed by atoms with E-state index in [2.05, 4.69) is 10.3 Å². The molecule has 0 aliphatic carbocycles. The molecule has 2 aromatic carbocycles. The van der Waals surface area contributed by atoms with E-state index < -0.39 is 11.7 Å². The summed E-state index contributed by atoms with van der Waals surface area (Å²) in [5.74, 6) is -0.391. The fourth-order valence-corrected chi connectivity index (χ4v) is 3.17. The van der Waals surface area contributed by atoms with E-state index in [-0.39, 0.29) is 10.6 Å². The molecule has 1 N–H and O–H groups in total. The van der Waals surface area contributed by atoms with Gasteiger partial charge in [0.2, 0.25) is 0 Å². The van der Waals surface area contributed by atoms with Crippen molar-refractivity contribution in [3.63, 3.8) is 0 Å². The number of nitrogens with zero attached hydrogens (tertiary/aromatic N) is 2. The number of benzene rings is 2. The maximum absolute atomic E-state index is 13.3. The molecule has 0 radical (unpaired) electrons. The largest absolute Gasteiger partial charge is 0.306 e. The zero-order valence-electron chi connectivity index (χ0n) is 14.4. The molecule has 4 rings (SSSR count). The molecule has 0 atom stereocenters. The smallest absolute Gasteiger partial charge is 0.258 e. The Labute approximate surface area is 160 Å². The Morgan fingerprint density at radius 1 is 1.11 bits per heavy atom. The van der Waals surface area contributed by atoms with Gasteiger partial charge in [0.1, 0.15) is 23.0 Å². The number of amides is 1. The molecule has 0 bridgehead atoms. The topological polar surface area (TPSA) is 46.4 Å². The van der Waals surface area contributed by atoms with Crippen LogP contribution in [0.15, 0.2) is 66.9 Å². The van der Waals surface area contributed by atoms with Crippen LogP contribution < -0.4 is 5.32 Å². The minimum atomic E-state index is -0.494. The lowest BCUT2D eigenvalue weighted by Gasteiger charge is -2.09. The van der Waals surface area contributed by atoms with Crippen LogP contribution in [0.5, 0.6) is 0 Å². The fourth-order valence-electron chi connectivity index (χ4n) is 2.92. The van der Waals surface area contributed by atoms with Crippen molar-refractivity contribution in [2.75, 3.05) is 5.32 Å². The van der Waals surface area contributed by atoms with Gasteiger partial charge in [-0.1, -0.05) is 48.0 Å². The van der Waals surface area contributed by atoms with E-state index in [0.717, 1.165) is 17.2 Å². The van der Waals surface area contributed by atoms with Crippen LogP contribution in [-0.2, 0) is 0 Å². The summed E-state index contributed by atoms with van der Waals surface area (Å²) in [6.07, 6.45) is 1.90. The second kappa shape index (κ2) is 6.85. The molecule has 0 saturated carbocycles. The van der Waals surface area contributed by atoms with Crippen molar-refractivity contribution in [2.24, 2.45) is 0 Å². The molecule has 0 unspecified atom stereocenters. The first-order valence-electron chi connectivity index (χ1n) is 8.33. The van der Waals surface area contributed by atoms with Crippen LogP contribution in [0, 0.1) is 12.7 Å². The molecular weight excluding hydrogens is 365 g/mol. The second-order valence-corrected chi connectivity index (χ2v) is 6.60. The van der Waals surface area contributed by atoms with Gasteiger partial charge in [0, 0.05) is 11.8 Å². The van der Waals surface area contributed by atoms with Gasteiger partial charge in [0.25, 0.3) is 5.91 Å². The zero-order chi connectivity index (χ0) is 19.0. The van der Waals surface area contributed by atoms with E-state index in [1.807, 2.05) is 60.0 Å². The van der Waals surface area contributed by atoms with Crippen LogP contribution in [0.4, 0.5) is 10.2 Å². The molecule has 0 saturated heterocycles. The molecule has 2 aromatic heterocycles. The molecule has 6 heteroatoms. The van der Waals surface area contributed by atoms with Gasteiger partial charge in [-0.25, -0.2) is 9.37 Å². The normalized spacial score (nSPS) is 10.9. The van der Waals surface area contributed by atoms with Gasteiger partial charge in [0.15, 0.2) is 0 Å². The van der Waals surface area contributed by atoms with Crippen LogP contribution in [-0.4, -0.2) is 15.3 Å². The van der Waals surface area contributed by atoms with Crippen molar-refractivity contribution in [2.45, 2.75) is 6.92 Å². The number of anilines is 1. The minimum Gasteiger partial charge on any atom is -0.306 e. The Morgan fingerprint density at radius 3 is 2.63 bits per heavy atom. The number of pyridine rings is 1. The third kappa shape index (κ3) is 3.29. The maximum atomic E-state index is 13.3. The lowest BCUT2D eigenvalue weighted by molar-refractivity contribution is 0.102. The summed E-state index contributed by atoms with van der Waals surface area (Å²) in [4.78, 5) is 17.5. The van der Waals surface area contributed by atoms with Gasteiger partial charge in [-0.05, 0) is 36.8 Å². The summed E-state index contributed by atoms with van der Waals surface area (Å²) in [5.41, 5.74) is 3.45. The molecule has 0 fully saturated rings. The SMILES string of the molecule is Cc1ccc2nc(-c3ccccc3)c(NC(=O)c3ccc(F)cc3Cl)n2c1. The van der Waals surface area contributed by atoms with Crippen molar-refractivity contribution >= 4 is 29.0 Å². The van der Waals surface area contributed by atoms with E-state index in [4.69, 9.17) is 11.6 Å². The average molecular weight is 380 g/mol. The number of carbonyl (C=O) groups is 1. The number of carbonyl (C=O) groups excluding carboxylic acids is 1. The molecule has 27 heavy (non-hydrogen) atoms. The fraction of sp³-hybridized carbons (Fsp3) is 0.0476. The molecule has 2 heterocycles. The van der Waals surface area contributed by atoms with Gasteiger partial charge in [-0.15, -0.1) is 0 Å². The first-order valence-corrected chi connectivity index (χ1v) is 8.71. The Morgan fingerprint density at radius 2 is 1.89 bits per heavy atom. The van der Waals surface area contributed by atoms with Gasteiger partial charge in [-0.2, -0.15) is 0 Å². The van der Waals surface area contributed by atoms with E-state index in [9.17, 15) is 9.18 Å². The van der Waals surface area contributed by atoms with E-state index >= 15 is 0 Å². The first kappa shape index (κ1) is 17.2. The third-order valence-electron chi connectivity index (χ3n) is 4.22. The highest BCUT2D eigenvalue weighted by atomic mass is 35.5. The highest BCUT2D eigenvalue weighted by Gasteiger charge is 2.19. The molecule has 0 aliphatic heterocycles. The average Bonchev–Trinajstić information content (AvgIpc) is 3.00. The first-order chi connectivity index (χ1) is 13.0. The molecule has 4 nitrogen and oxygen atoms in total. The predicted octanol–water partition coefficient (Wildman–Crippen LogP) is 5.35. The number of imidazole rings is 1. The summed E-state index contributed by atoms with van der Waals surface area (Å²) in [5, 5.41) is 2.94. The van der Waals surface area contributed by atoms with Crippen molar-refractivity contribution in [3.8, 4) is 11.3 Å². The maximum Gasteiger partial charge on any atom is 0.258 e. The summed E-state index contributed by atoms with van der Waals surface area (Å²) in [7, 11) is 0. The van der Waals surface area contributed by atoms with Crippen molar-refractivity contribution in [1.82, 2.24) is 9.38 Å². The number of halogens is 2. The molecule has 4 aromatic rings. The number of fused-ring (bicyclic) bond motifs is 1. The van der Waals surface area contributed by atoms with Crippen LogP contribution in [0.1, 0.15) is 15.9 Å². The monoisotopic (exact) mass is 379 g/mol. The van der Waals surface area contributed by atoms with Crippen LogP contribution in [0.25, 0.3) is 16.9 Å². The van der Waals surface area contributed by atoms with Crippen LogP contribution in [0.3, 0.4) is 0 Å². The second-order valence-electron chi connectivity index (χ2n) is 6.19. The quantitative estimate of drug-likeness (QED) is 0.521. The number of aromatic nitrogens is 2. The molecule has 0 spiro atoms. The number of hydrogen-bond acceptors (Lipinski definition) is 2. The van der Waals surface area contributed by atoms with E-state index in [0.29, 0.717) is 17.2 Å². The van der Waals surface area contributed by atoms with Crippen molar-refractivity contribution in [3.05, 3.63) is 88.8 Å². The zero-order valence-corrected chi connectivity index (χ0v) is 15.2. The summed E-state index contributed by atoms with van der Waals surface area (Å²) in [6.45, 7) is 1.96. The highest BCUT2D eigenvalue weighted by molar-refractivity contribution is 6.34. The molecular formula is C21H15ClFN3O. The van der Waals surface area contributed by atoms with Gasteiger partial charge in [-0.3, -0.25) is 9.20 Å². The third-order valence-corrected chi connectivity index (χ3v) is 4.53. The van der Waals surface area contributed by atoms with Gasteiger partial charge >= 0.3 is 0 Å². The lowest BCUT2D eigenvalue weighted by atomic mass is 10.1. The number of rotatable bonds is 3. The number of nitrogens with one attached hydrogen (secondary N) is 1. The van der Waals surface area contributed by atoms with Crippen LogP contribution in [0.2, 0.25) is 5.02 Å². The Bertz CT molecular complexity index is 1160.